The lowest BCUT2D eigenvalue weighted by molar-refractivity contribution is -0.128. The van der Waals surface area contributed by atoms with E-state index in [9.17, 15) is 4.79 Å². The van der Waals surface area contributed by atoms with Crippen LogP contribution in [0.15, 0.2) is 16.9 Å². The number of carbonyl (C=O) groups excluding carboxylic acids is 1. The Morgan fingerprint density at radius 1 is 1.28 bits per heavy atom. The predicted molar refractivity (Wildman–Crippen MR) is 91.5 cm³/mol. The van der Waals surface area contributed by atoms with Gasteiger partial charge in [-0.3, -0.25) is 9.69 Å². The summed E-state index contributed by atoms with van der Waals surface area (Å²) in [6.07, 6.45) is 5.53. The fourth-order valence-electron chi connectivity index (χ4n) is 4.23. The lowest BCUT2D eigenvalue weighted by atomic mass is 9.86. The number of hydrogen-bond acceptors (Lipinski definition) is 5. The molecule has 25 heavy (non-hydrogen) atoms. The van der Waals surface area contributed by atoms with Gasteiger partial charge in [-0.15, -0.1) is 0 Å². The smallest absolute Gasteiger partial charge is 0.223 e. The summed E-state index contributed by atoms with van der Waals surface area (Å²) in [6, 6.07) is 0. The van der Waals surface area contributed by atoms with E-state index in [-0.39, 0.29) is 11.3 Å². The zero-order valence-electron chi connectivity index (χ0n) is 15.2. The first-order valence-corrected chi connectivity index (χ1v) is 8.84. The van der Waals surface area contributed by atoms with Gasteiger partial charge in [0.15, 0.2) is 0 Å². The van der Waals surface area contributed by atoms with Crippen LogP contribution in [0.25, 0.3) is 0 Å². The molecule has 0 radical (unpaired) electrons. The Labute approximate surface area is 147 Å². The first-order valence-electron chi connectivity index (χ1n) is 8.84. The Kier molecular flexibility index (Phi) is 3.91. The average Bonchev–Trinajstić information content (AvgIpc) is 3.30. The molecule has 0 bridgehead atoms. The first kappa shape index (κ1) is 16.3. The van der Waals surface area contributed by atoms with E-state index in [4.69, 9.17) is 4.52 Å². The molecule has 2 fully saturated rings. The molecule has 2 aromatic rings. The Hall–Kier alpha value is -2.15. The monoisotopic (exact) mass is 343 g/mol. The summed E-state index contributed by atoms with van der Waals surface area (Å²) in [5.74, 6) is 2.14. The van der Waals surface area contributed by atoms with Crippen molar-refractivity contribution in [2.45, 2.75) is 39.8 Å². The van der Waals surface area contributed by atoms with Crippen LogP contribution in [-0.4, -0.2) is 50.0 Å². The highest BCUT2D eigenvalue weighted by Gasteiger charge is 2.47. The topological polar surface area (TPSA) is 67.4 Å². The van der Waals surface area contributed by atoms with Gasteiger partial charge in [-0.1, -0.05) is 5.16 Å². The molecule has 0 unspecified atom stereocenters. The Bertz CT molecular complexity index is 776. The molecule has 2 aliphatic rings. The van der Waals surface area contributed by atoms with Crippen LogP contribution in [0.3, 0.4) is 0 Å². The van der Waals surface area contributed by atoms with E-state index in [1.54, 1.807) is 0 Å². The fraction of sp³-hybridized carbons (Fsp3) is 0.611. The van der Waals surface area contributed by atoms with Crippen molar-refractivity contribution < 1.29 is 9.32 Å². The van der Waals surface area contributed by atoms with Gasteiger partial charge >= 0.3 is 0 Å². The van der Waals surface area contributed by atoms with E-state index < -0.39 is 0 Å². The maximum Gasteiger partial charge on any atom is 0.223 e. The van der Waals surface area contributed by atoms with Crippen molar-refractivity contribution in [3.63, 3.8) is 0 Å². The van der Waals surface area contributed by atoms with Crippen LogP contribution in [0, 0.1) is 19.3 Å². The normalized spacial score (nSPS) is 24.1. The summed E-state index contributed by atoms with van der Waals surface area (Å²) in [7, 11) is 2.03. The second-order valence-electron chi connectivity index (χ2n) is 7.64. The number of aryl methyl sites for hydroxylation is 3. The molecular weight excluding hydrogens is 318 g/mol. The molecule has 0 saturated carbocycles. The van der Waals surface area contributed by atoms with Gasteiger partial charge in [-0.05, 0) is 26.8 Å². The van der Waals surface area contributed by atoms with Gasteiger partial charge < -0.3 is 14.0 Å². The van der Waals surface area contributed by atoms with E-state index in [1.165, 1.54) is 0 Å². The number of hydrogen-bond donors (Lipinski definition) is 0. The zero-order chi connectivity index (χ0) is 17.6. The number of rotatable bonds is 4. The van der Waals surface area contributed by atoms with Crippen LogP contribution < -0.4 is 0 Å². The number of likely N-dealkylation sites (tertiary alicyclic amines) is 2. The minimum Gasteiger partial charge on any atom is -0.361 e. The van der Waals surface area contributed by atoms with Crippen LogP contribution in [0.5, 0.6) is 0 Å². The van der Waals surface area contributed by atoms with Crippen LogP contribution in [0.1, 0.15) is 35.7 Å². The van der Waals surface area contributed by atoms with E-state index >= 15 is 0 Å². The average molecular weight is 343 g/mol. The molecule has 134 valence electrons. The SMILES string of the molecule is Cc1noc(C)c1CN1C[C@]2(CCN(Cc3nccn3C)C2)CC1=O. The van der Waals surface area contributed by atoms with E-state index in [0.29, 0.717) is 13.0 Å². The summed E-state index contributed by atoms with van der Waals surface area (Å²) in [6.45, 7) is 8.13. The minimum absolute atomic E-state index is 0.0845. The van der Waals surface area contributed by atoms with Crippen molar-refractivity contribution >= 4 is 5.91 Å². The molecule has 1 atom stereocenters. The highest BCUT2D eigenvalue weighted by molar-refractivity contribution is 5.79. The van der Waals surface area contributed by atoms with Gasteiger partial charge in [0.2, 0.25) is 5.91 Å². The lowest BCUT2D eigenvalue weighted by Gasteiger charge is -2.24. The predicted octanol–water partition coefficient (Wildman–Crippen LogP) is 1.65. The molecule has 7 heteroatoms. The largest absolute Gasteiger partial charge is 0.361 e. The quantitative estimate of drug-likeness (QED) is 0.844. The minimum atomic E-state index is 0.0845. The molecule has 2 saturated heterocycles. The molecule has 0 N–H and O–H groups in total. The third kappa shape index (κ3) is 2.97. The van der Waals surface area contributed by atoms with Crippen LogP contribution in [-0.2, 0) is 24.9 Å². The van der Waals surface area contributed by atoms with Gasteiger partial charge in [0, 0.05) is 49.9 Å². The molecule has 4 heterocycles. The van der Waals surface area contributed by atoms with E-state index in [1.807, 2.05) is 38.2 Å². The molecule has 2 aromatic heterocycles. The number of amides is 1. The van der Waals surface area contributed by atoms with Crippen LogP contribution >= 0.6 is 0 Å². The summed E-state index contributed by atoms with van der Waals surface area (Å²) in [5.41, 5.74) is 2.02. The van der Waals surface area contributed by atoms with E-state index in [0.717, 1.165) is 55.4 Å². The molecule has 0 aliphatic carbocycles. The van der Waals surface area contributed by atoms with Gasteiger partial charge in [0.05, 0.1) is 18.8 Å². The molecule has 0 aromatic carbocycles. The maximum absolute atomic E-state index is 12.6. The molecule has 1 spiro atoms. The first-order chi connectivity index (χ1) is 12.0. The fourth-order valence-corrected chi connectivity index (χ4v) is 4.23. The second-order valence-corrected chi connectivity index (χ2v) is 7.64. The van der Waals surface area contributed by atoms with Crippen LogP contribution in [0.2, 0.25) is 0 Å². The third-order valence-electron chi connectivity index (χ3n) is 5.74. The second kappa shape index (κ2) is 5.98. The molecule has 4 rings (SSSR count). The van der Waals surface area contributed by atoms with Crippen molar-refractivity contribution in [1.29, 1.82) is 0 Å². The summed E-state index contributed by atoms with van der Waals surface area (Å²) < 4.78 is 7.30. The summed E-state index contributed by atoms with van der Waals surface area (Å²) >= 11 is 0. The summed E-state index contributed by atoms with van der Waals surface area (Å²) in [5, 5.41) is 4.00. The summed E-state index contributed by atoms with van der Waals surface area (Å²) in [4.78, 5) is 21.4. The third-order valence-corrected chi connectivity index (χ3v) is 5.74. The Morgan fingerprint density at radius 2 is 2.12 bits per heavy atom. The molecule has 1 amide bonds. The lowest BCUT2D eigenvalue weighted by Crippen LogP contribution is -2.31. The molecular formula is C18H25N5O2. The maximum atomic E-state index is 12.6. The Morgan fingerprint density at radius 3 is 2.80 bits per heavy atom. The standard InChI is InChI=1S/C18H25N5O2/c1-13-15(14(2)25-20-13)9-23-12-18(8-17(23)24)4-6-22(11-18)10-16-19-5-7-21(16)3/h5,7H,4,6,8-12H2,1-3H3/t18-/m1/s1. The molecule has 2 aliphatic heterocycles. The highest BCUT2D eigenvalue weighted by Crippen LogP contribution is 2.41. The van der Waals surface area contributed by atoms with Crippen molar-refractivity contribution in [2.75, 3.05) is 19.6 Å². The number of imidazole rings is 1. The number of aromatic nitrogens is 3. The van der Waals surface area contributed by atoms with Crippen molar-refractivity contribution in [2.24, 2.45) is 12.5 Å². The van der Waals surface area contributed by atoms with Crippen molar-refractivity contribution in [3.05, 3.63) is 35.2 Å². The highest BCUT2D eigenvalue weighted by atomic mass is 16.5. The zero-order valence-corrected chi connectivity index (χ0v) is 15.2. The molecule has 7 nitrogen and oxygen atoms in total. The Balaban J connectivity index is 1.42. The number of nitrogens with zero attached hydrogens (tertiary/aromatic N) is 5. The number of carbonyl (C=O) groups is 1. The van der Waals surface area contributed by atoms with Crippen molar-refractivity contribution in [1.82, 2.24) is 24.5 Å². The van der Waals surface area contributed by atoms with Crippen LogP contribution in [0.4, 0.5) is 0 Å². The van der Waals surface area contributed by atoms with Gasteiger partial charge in [-0.2, -0.15) is 0 Å². The van der Waals surface area contributed by atoms with Gasteiger partial charge in [0.25, 0.3) is 0 Å². The van der Waals surface area contributed by atoms with Gasteiger partial charge in [-0.25, -0.2) is 4.98 Å². The van der Waals surface area contributed by atoms with Gasteiger partial charge in [0.1, 0.15) is 11.6 Å². The van der Waals surface area contributed by atoms with Crippen molar-refractivity contribution in [3.8, 4) is 0 Å². The van der Waals surface area contributed by atoms with E-state index in [2.05, 4.69) is 19.6 Å².